The Kier molecular flexibility index (Phi) is 5.45. The maximum atomic E-state index is 15.7. The van der Waals surface area contributed by atoms with E-state index in [0.717, 1.165) is 23.3 Å². The fourth-order valence-electron chi connectivity index (χ4n) is 5.53. The van der Waals surface area contributed by atoms with Gasteiger partial charge < -0.3 is 16.0 Å². The Morgan fingerprint density at radius 3 is 2.69 bits per heavy atom. The molecule has 0 saturated heterocycles. The van der Waals surface area contributed by atoms with Crippen LogP contribution in [0, 0.1) is 11.7 Å². The van der Waals surface area contributed by atoms with Crippen LogP contribution in [-0.4, -0.2) is 29.4 Å². The molecule has 2 atom stereocenters. The van der Waals surface area contributed by atoms with Crippen molar-refractivity contribution in [2.75, 3.05) is 11.9 Å². The Labute approximate surface area is 199 Å². The standard InChI is InChI=1S/C26H23F4N3O2/c1-2-21(34)33-9-8-15-13(12-33)4-3-5-16(15)22-19(27)11-18(25(31)35)24-23(22)17-7-6-14(26(28,29)30)10-20(17)32-24/h2-5,10-11,14,17,32H,1,6-9,12H2,(H2,31,35). The van der Waals surface area contributed by atoms with Gasteiger partial charge in [-0.25, -0.2) is 4.39 Å². The molecule has 3 aliphatic rings. The fourth-order valence-corrected chi connectivity index (χ4v) is 5.53. The minimum absolute atomic E-state index is 0.0901. The van der Waals surface area contributed by atoms with Crippen LogP contribution in [0.5, 0.6) is 0 Å². The number of carbonyl (C=O) groups is 2. The zero-order chi connectivity index (χ0) is 25.1. The average molecular weight is 485 g/mol. The quantitative estimate of drug-likeness (QED) is 0.473. The summed E-state index contributed by atoms with van der Waals surface area (Å²) in [7, 11) is 0. The van der Waals surface area contributed by atoms with E-state index in [0.29, 0.717) is 36.3 Å². The van der Waals surface area contributed by atoms with Gasteiger partial charge in [-0.15, -0.1) is 0 Å². The third-order valence-corrected chi connectivity index (χ3v) is 7.17. The van der Waals surface area contributed by atoms with Crippen LogP contribution >= 0.6 is 0 Å². The molecule has 9 heteroatoms. The van der Waals surface area contributed by atoms with Crippen LogP contribution in [0.3, 0.4) is 0 Å². The van der Waals surface area contributed by atoms with Crippen molar-refractivity contribution in [3.05, 3.63) is 76.8 Å². The van der Waals surface area contributed by atoms with Gasteiger partial charge in [0.05, 0.1) is 17.2 Å². The molecule has 2 unspecified atom stereocenters. The number of primary amides is 1. The summed E-state index contributed by atoms with van der Waals surface area (Å²) < 4.78 is 55.9. The Balaban J connectivity index is 1.67. The summed E-state index contributed by atoms with van der Waals surface area (Å²) >= 11 is 0. The van der Waals surface area contributed by atoms with E-state index in [1.165, 1.54) is 6.08 Å². The van der Waals surface area contributed by atoms with Crippen LogP contribution in [0.1, 0.15) is 45.8 Å². The lowest BCUT2D eigenvalue weighted by Crippen LogP contribution is -2.35. The summed E-state index contributed by atoms with van der Waals surface area (Å²) in [5.74, 6) is -3.83. The number of carbonyl (C=O) groups excluding carboxylic acids is 2. The molecule has 2 aromatic carbocycles. The van der Waals surface area contributed by atoms with Crippen LogP contribution in [0.2, 0.25) is 0 Å². The molecular formula is C26H23F4N3O2. The molecule has 0 bridgehead atoms. The second-order valence-corrected chi connectivity index (χ2v) is 9.12. The number of nitrogens with one attached hydrogen (secondary N) is 1. The molecule has 0 spiro atoms. The topological polar surface area (TPSA) is 75.4 Å². The molecule has 3 N–H and O–H groups in total. The number of nitrogens with zero attached hydrogens (tertiary/aromatic N) is 1. The summed E-state index contributed by atoms with van der Waals surface area (Å²) in [4.78, 5) is 25.9. The van der Waals surface area contributed by atoms with Crippen molar-refractivity contribution in [3.63, 3.8) is 0 Å². The molecule has 2 amide bonds. The lowest BCUT2D eigenvalue weighted by Gasteiger charge is -2.30. The lowest BCUT2D eigenvalue weighted by molar-refractivity contribution is -0.164. The molecule has 2 aliphatic heterocycles. The van der Waals surface area contributed by atoms with E-state index in [4.69, 9.17) is 5.73 Å². The Morgan fingerprint density at radius 2 is 2.00 bits per heavy atom. The predicted molar refractivity (Wildman–Crippen MR) is 123 cm³/mol. The van der Waals surface area contributed by atoms with Gasteiger partial charge in [-0.05, 0) is 53.7 Å². The van der Waals surface area contributed by atoms with Crippen LogP contribution in [0.4, 0.5) is 23.2 Å². The maximum Gasteiger partial charge on any atom is 0.395 e. The number of fused-ring (bicyclic) bond motifs is 4. The van der Waals surface area contributed by atoms with Gasteiger partial charge in [0.2, 0.25) is 5.91 Å². The number of amides is 2. The highest BCUT2D eigenvalue weighted by Crippen LogP contribution is 2.53. The molecule has 5 rings (SSSR count). The molecule has 1 aliphatic carbocycles. The van der Waals surface area contributed by atoms with Gasteiger partial charge in [-0.1, -0.05) is 30.9 Å². The predicted octanol–water partition coefficient (Wildman–Crippen LogP) is 5.03. The number of benzene rings is 2. The summed E-state index contributed by atoms with van der Waals surface area (Å²) in [6, 6.07) is 6.47. The largest absolute Gasteiger partial charge is 0.395 e. The molecule has 0 aromatic heterocycles. The first kappa shape index (κ1) is 23.1. The van der Waals surface area contributed by atoms with E-state index in [1.807, 2.05) is 6.07 Å². The highest BCUT2D eigenvalue weighted by atomic mass is 19.4. The van der Waals surface area contributed by atoms with E-state index in [1.54, 1.807) is 17.0 Å². The van der Waals surface area contributed by atoms with Gasteiger partial charge in [0.25, 0.3) is 5.91 Å². The highest BCUT2D eigenvalue weighted by Gasteiger charge is 2.45. The normalized spacial score (nSPS) is 20.8. The fraction of sp³-hybridized carbons (Fsp3) is 0.308. The number of hydrogen-bond acceptors (Lipinski definition) is 3. The molecule has 35 heavy (non-hydrogen) atoms. The Morgan fingerprint density at radius 1 is 1.23 bits per heavy atom. The number of halogens is 4. The molecule has 0 fully saturated rings. The number of rotatable bonds is 3. The van der Waals surface area contributed by atoms with Crippen molar-refractivity contribution in [3.8, 4) is 11.1 Å². The van der Waals surface area contributed by atoms with Crippen molar-refractivity contribution in [1.29, 1.82) is 0 Å². The van der Waals surface area contributed by atoms with Crippen molar-refractivity contribution in [2.24, 2.45) is 11.7 Å². The van der Waals surface area contributed by atoms with Gasteiger partial charge in [-0.2, -0.15) is 13.2 Å². The molecule has 0 radical (unpaired) electrons. The smallest absolute Gasteiger partial charge is 0.366 e. The van der Waals surface area contributed by atoms with Crippen molar-refractivity contribution >= 4 is 17.5 Å². The van der Waals surface area contributed by atoms with E-state index in [2.05, 4.69) is 11.9 Å². The first-order chi connectivity index (χ1) is 16.6. The Bertz CT molecular complexity index is 1300. The number of allylic oxidation sites excluding steroid dienone is 2. The average Bonchev–Trinajstić information content (AvgIpc) is 3.20. The first-order valence-corrected chi connectivity index (χ1v) is 11.3. The van der Waals surface area contributed by atoms with Crippen LogP contribution < -0.4 is 11.1 Å². The van der Waals surface area contributed by atoms with Crippen molar-refractivity contribution < 1.29 is 27.2 Å². The maximum absolute atomic E-state index is 15.7. The van der Waals surface area contributed by atoms with Crippen molar-refractivity contribution in [2.45, 2.75) is 37.9 Å². The van der Waals surface area contributed by atoms with Crippen LogP contribution in [0.25, 0.3) is 11.1 Å². The third-order valence-electron chi connectivity index (χ3n) is 7.17. The van der Waals surface area contributed by atoms with E-state index >= 15 is 4.39 Å². The number of hydrogen-bond donors (Lipinski definition) is 2. The van der Waals surface area contributed by atoms with E-state index in [-0.39, 0.29) is 35.6 Å². The number of nitrogens with two attached hydrogens (primary N) is 1. The molecule has 5 nitrogen and oxygen atoms in total. The lowest BCUT2D eigenvalue weighted by atomic mass is 9.79. The Hall–Kier alpha value is -3.62. The molecule has 2 heterocycles. The van der Waals surface area contributed by atoms with Gasteiger partial charge in [0, 0.05) is 30.3 Å². The zero-order valence-electron chi connectivity index (χ0n) is 18.7. The van der Waals surface area contributed by atoms with E-state index in [9.17, 15) is 22.8 Å². The highest BCUT2D eigenvalue weighted by molar-refractivity contribution is 6.02. The van der Waals surface area contributed by atoms with Gasteiger partial charge in [0.15, 0.2) is 0 Å². The summed E-state index contributed by atoms with van der Waals surface area (Å²) in [6.45, 7) is 4.30. The van der Waals surface area contributed by atoms with Gasteiger partial charge in [0.1, 0.15) is 5.82 Å². The van der Waals surface area contributed by atoms with Crippen molar-refractivity contribution in [1.82, 2.24) is 4.90 Å². The number of alkyl halides is 3. The second kappa shape index (κ2) is 8.25. The minimum Gasteiger partial charge on any atom is -0.366 e. The molecule has 0 saturated carbocycles. The monoisotopic (exact) mass is 485 g/mol. The second-order valence-electron chi connectivity index (χ2n) is 9.12. The van der Waals surface area contributed by atoms with Crippen LogP contribution in [0.15, 0.2) is 48.7 Å². The zero-order valence-corrected chi connectivity index (χ0v) is 18.7. The van der Waals surface area contributed by atoms with Gasteiger partial charge in [-0.3, -0.25) is 9.59 Å². The van der Waals surface area contributed by atoms with Crippen LogP contribution in [-0.2, 0) is 17.8 Å². The summed E-state index contributed by atoms with van der Waals surface area (Å²) in [5.41, 5.74) is 9.06. The molecular weight excluding hydrogens is 462 g/mol. The summed E-state index contributed by atoms with van der Waals surface area (Å²) in [5, 5.41) is 2.97. The first-order valence-electron chi connectivity index (χ1n) is 11.3. The van der Waals surface area contributed by atoms with Gasteiger partial charge >= 0.3 is 6.18 Å². The number of anilines is 1. The minimum atomic E-state index is -4.39. The van der Waals surface area contributed by atoms with E-state index < -0.39 is 29.7 Å². The molecule has 2 aromatic rings. The molecule has 182 valence electrons. The SMILES string of the molecule is C=CC(=O)N1CCc2c(cccc2-c2c(F)cc(C(N)=O)c3c2C2CCC(C(F)(F)F)C=C2N3)C1. The summed E-state index contributed by atoms with van der Waals surface area (Å²) in [6.07, 6.45) is -1.50. The third kappa shape index (κ3) is 3.79.